The molecule has 5 heteroatoms. The van der Waals surface area contributed by atoms with Crippen molar-refractivity contribution >= 4 is 11.7 Å². The predicted octanol–water partition coefficient (Wildman–Crippen LogP) is -0.578. The van der Waals surface area contributed by atoms with Gasteiger partial charge in [0, 0.05) is 6.54 Å². The molecular formula is C5H10N2O3. The van der Waals surface area contributed by atoms with E-state index in [0.29, 0.717) is 5.71 Å². The number of nitrogens with two attached hydrogens (primary N) is 1. The first-order chi connectivity index (χ1) is 4.66. The Balaban J connectivity index is 3.43. The molecule has 0 rings (SSSR count). The second-order valence-corrected chi connectivity index (χ2v) is 1.70. The molecule has 0 aliphatic carbocycles. The van der Waals surface area contributed by atoms with Crippen molar-refractivity contribution in [2.24, 2.45) is 10.9 Å². The van der Waals surface area contributed by atoms with E-state index in [0.717, 1.165) is 0 Å². The molecular weight excluding hydrogens is 136 g/mol. The number of carbonyl (C=O) groups is 1. The third-order valence-electron chi connectivity index (χ3n) is 0.704. The van der Waals surface area contributed by atoms with Crippen LogP contribution in [-0.2, 0) is 9.63 Å². The highest BCUT2D eigenvalue weighted by Gasteiger charge is 1.94. The highest BCUT2D eigenvalue weighted by molar-refractivity contribution is 5.83. The van der Waals surface area contributed by atoms with Crippen molar-refractivity contribution in [1.82, 2.24) is 0 Å². The van der Waals surface area contributed by atoms with Crippen LogP contribution in [0.25, 0.3) is 0 Å². The number of carboxylic acids is 1. The van der Waals surface area contributed by atoms with Gasteiger partial charge in [-0.2, -0.15) is 0 Å². The fourth-order valence-corrected chi connectivity index (χ4v) is 0.235. The molecule has 0 radical (unpaired) electrons. The highest BCUT2D eigenvalue weighted by atomic mass is 16.6. The lowest BCUT2D eigenvalue weighted by Crippen LogP contribution is -2.11. The summed E-state index contributed by atoms with van der Waals surface area (Å²) in [5.74, 6) is -1.05. The Kier molecular flexibility index (Phi) is 4.23. The Hall–Kier alpha value is -1.10. The van der Waals surface area contributed by atoms with Gasteiger partial charge in [-0.25, -0.2) is 4.79 Å². The lowest BCUT2D eigenvalue weighted by Gasteiger charge is -1.94. The Morgan fingerprint density at radius 1 is 1.80 bits per heavy atom. The fraction of sp³-hybridized carbons (Fsp3) is 0.600. The molecule has 0 atom stereocenters. The van der Waals surface area contributed by atoms with E-state index in [4.69, 9.17) is 10.8 Å². The zero-order valence-electron chi connectivity index (χ0n) is 5.70. The van der Waals surface area contributed by atoms with E-state index in [1.54, 1.807) is 6.92 Å². The van der Waals surface area contributed by atoms with E-state index in [1.165, 1.54) is 0 Å². The largest absolute Gasteiger partial charge is 0.479 e. The lowest BCUT2D eigenvalue weighted by atomic mass is 10.4. The van der Waals surface area contributed by atoms with E-state index < -0.39 is 12.6 Å². The van der Waals surface area contributed by atoms with Gasteiger partial charge in [-0.3, -0.25) is 0 Å². The molecule has 3 N–H and O–H groups in total. The lowest BCUT2D eigenvalue weighted by molar-refractivity contribution is -0.142. The molecule has 0 aromatic heterocycles. The molecule has 5 nitrogen and oxygen atoms in total. The van der Waals surface area contributed by atoms with E-state index in [1.807, 2.05) is 0 Å². The summed E-state index contributed by atoms with van der Waals surface area (Å²) in [6, 6.07) is 0. The normalized spacial score (nSPS) is 11.2. The molecule has 10 heavy (non-hydrogen) atoms. The Labute approximate surface area is 58.5 Å². The first-order valence-corrected chi connectivity index (χ1v) is 2.74. The average molecular weight is 146 g/mol. The minimum Gasteiger partial charge on any atom is -0.479 e. The van der Waals surface area contributed by atoms with Crippen LogP contribution in [-0.4, -0.2) is 29.9 Å². The third-order valence-corrected chi connectivity index (χ3v) is 0.704. The van der Waals surface area contributed by atoms with Gasteiger partial charge in [0.15, 0.2) is 0 Å². The summed E-state index contributed by atoms with van der Waals surface area (Å²) in [7, 11) is 0. The number of nitrogens with zero attached hydrogens (tertiary/aromatic N) is 1. The van der Waals surface area contributed by atoms with Gasteiger partial charge in [-0.15, -0.1) is 0 Å². The Bertz CT molecular complexity index is 144. The zero-order chi connectivity index (χ0) is 7.98. The second kappa shape index (κ2) is 4.75. The van der Waals surface area contributed by atoms with Crippen molar-refractivity contribution in [2.75, 3.05) is 13.2 Å². The number of aliphatic carboxylic acids is 1. The van der Waals surface area contributed by atoms with Crippen molar-refractivity contribution in [3.05, 3.63) is 0 Å². The molecule has 0 fully saturated rings. The van der Waals surface area contributed by atoms with Crippen LogP contribution in [0, 0.1) is 0 Å². The third kappa shape index (κ3) is 5.04. The van der Waals surface area contributed by atoms with E-state index in [2.05, 4.69) is 9.99 Å². The standard InChI is InChI=1S/C5H10N2O3/c1-4(2-6)7-10-3-5(8)9/h2-3,6H2,1H3,(H,8,9)/b7-4+. The van der Waals surface area contributed by atoms with E-state index in [-0.39, 0.29) is 6.54 Å². The molecule has 0 saturated heterocycles. The molecule has 0 bridgehead atoms. The predicted molar refractivity (Wildman–Crippen MR) is 35.8 cm³/mol. The molecule has 0 heterocycles. The second-order valence-electron chi connectivity index (χ2n) is 1.70. The number of oxime groups is 1. The van der Waals surface area contributed by atoms with E-state index >= 15 is 0 Å². The van der Waals surface area contributed by atoms with Gasteiger partial charge in [-0.1, -0.05) is 5.16 Å². The summed E-state index contributed by atoms with van der Waals surface area (Å²) >= 11 is 0. The fourth-order valence-electron chi connectivity index (χ4n) is 0.235. The maximum atomic E-state index is 9.84. The summed E-state index contributed by atoms with van der Waals surface area (Å²) in [4.78, 5) is 14.2. The maximum Gasteiger partial charge on any atom is 0.344 e. The topological polar surface area (TPSA) is 84.9 Å². The van der Waals surface area contributed by atoms with Crippen LogP contribution in [0.5, 0.6) is 0 Å². The Morgan fingerprint density at radius 3 is 2.80 bits per heavy atom. The number of hydrogen-bond acceptors (Lipinski definition) is 4. The smallest absolute Gasteiger partial charge is 0.344 e. The van der Waals surface area contributed by atoms with Gasteiger partial charge >= 0.3 is 5.97 Å². The first-order valence-electron chi connectivity index (χ1n) is 2.74. The van der Waals surface area contributed by atoms with Crippen molar-refractivity contribution in [1.29, 1.82) is 0 Å². The van der Waals surface area contributed by atoms with Crippen molar-refractivity contribution in [2.45, 2.75) is 6.92 Å². The minimum atomic E-state index is -1.05. The van der Waals surface area contributed by atoms with Crippen LogP contribution >= 0.6 is 0 Å². The SMILES string of the molecule is C/C(CN)=N\OCC(=O)O. The summed E-state index contributed by atoms with van der Waals surface area (Å²) in [5.41, 5.74) is 5.70. The summed E-state index contributed by atoms with van der Waals surface area (Å²) in [6.07, 6.45) is 0. The van der Waals surface area contributed by atoms with Crippen LogP contribution in [0.2, 0.25) is 0 Å². The average Bonchev–Trinajstić information content (AvgIpc) is 1.87. The zero-order valence-corrected chi connectivity index (χ0v) is 5.70. The van der Waals surface area contributed by atoms with Crippen LogP contribution in [0.1, 0.15) is 6.92 Å². The number of carboxylic acid groups (broad SMARTS) is 1. The van der Waals surface area contributed by atoms with Crippen LogP contribution in [0.3, 0.4) is 0 Å². The molecule has 58 valence electrons. The van der Waals surface area contributed by atoms with Gasteiger partial charge in [0.25, 0.3) is 0 Å². The van der Waals surface area contributed by atoms with Gasteiger partial charge in [0.2, 0.25) is 6.61 Å². The number of rotatable bonds is 4. The first kappa shape index (κ1) is 8.90. The van der Waals surface area contributed by atoms with Gasteiger partial charge in [0.1, 0.15) is 0 Å². The molecule has 0 aliphatic heterocycles. The molecule has 0 aromatic rings. The van der Waals surface area contributed by atoms with Crippen LogP contribution < -0.4 is 5.73 Å². The molecule has 0 amide bonds. The monoisotopic (exact) mass is 146 g/mol. The minimum absolute atomic E-state index is 0.277. The van der Waals surface area contributed by atoms with E-state index in [9.17, 15) is 4.79 Å². The molecule has 0 spiro atoms. The van der Waals surface area contributed by atoms with Gasteiger partial charge in [0.05, 0.1) is 5.71 Å². The molecule has 0 aliphatic rings. The highest BCUT2D eigenvalue weighted by Crippen LogP contribution is 1.78. The van der Waals surface area contributed by atoms with Crippen LogP contribution in [0.15, 0.2) is 5.16 Å². The van der Waals surface area contributed by atoms with Crippen LogP contribution in [0.4, 0.5) is 0 Å². The molecule has 0 unspecified atom stereocenters. The summed E-state index contributed by atoms with van der Waals surface area (Å²) in [5, 5.41) is 11.5. The van der Waals surface area contributed by atoms with Crippen molar-refractivity contribution in [3.63, 3.8) is 0 Å². The van der Waals surface area contributed by atoms with Crippen molar-refractivity contribution < 1.29 is 14.7 Å². The summed E-state index contributed by atoms with van der Waals surface area (Å²) in [6.45, 7) is 1.51. The van der Waals surface area contributed by atoms with Gasteiger partial charge in [-0.05, 0) is 6.92 Å². The van der Waals surface area contributed by atoms with Crippen molar-refractivity contribution in [3.8, 4) is 0 Å². The summed E-state index contributed by atoms with van der Waals surface area (Å²) < 4.78 is 0. The quantitative estimate of drug-likeness (QED) is 0.410. The number of hydrogen-bond donors (Lipinski definition) is 2. The maximum absolute atomic E-state index is 9.84. The Morgan fingerprint density at radius 2 is 2.40 bits per heavy atom. The molecule has 0 saturated carbocycles. The molecule has 0 aromatic carbocycles. The van der Waals surface area contributed by atoms with Gasteiger partial charge < -0.3 is 15.7 Å².